The van der Waals surface area contributed by atoms with Gasteiger partial charge >= 0.3 is 5.97 Å². The van der Waals surface area contributed by atoms with E-state index < -0.39 is 12.0 Å². The molecular formula is C16H21NO3S. The number of thiophene rings is 1. The smallest absolute Gasteiger partial charge is 0.326 e. The molecule has 3 rings (SSSR count). The van der Waals surface area contributed by atoms with E-state index in [1.165, 1.54) is 23.3 Å². The fourth-order valence-corrected chi connectivity index (χ4v) is 4.74. The lowest BCUT2D eigenvalue weighted by molar-refractivity contribution is -0.145. The van der Waals surface area contributed by atoms with Gasteiger partial charge in [0.25, 0.3) is 5.91 Å². The van der Waals surface area contributed by atoms with E-state index >= 15 is 0 Å². The van der Waals surface area contributed by atoms with Gasteiger partial charge in [0.2, 0.25) is 0 Å². The Morgan fingerprint density at radius 1 is 1.29 bits per heavy atom. The zero-order chi connectivity index (χ0) is 15.0. The van der Waals surface area contributed by atoms with Crippen LogP contribution >= 0.6 is 11.3 Å². The van der Waals surface area contributed by atoms with Crippen molar-refractivity contribution in [2.24, 2.45) is 5.92 Å². The summed E-state index contributed by atoms with van der Waals surface area (Å²) in [7, 11) is 0. The summed E-state index contributed by atoms with van der Waals surface area (Å²) in [5.41, 5.74) is 1.30. The summed E-state index contributed by atoms with van der Waals surface area (Å²) >= 11 is 1.57. The van der Waals surface area contributed by atoms with Crippen LogP contribution in [0.25, 0.3) is 0 Å². The second-order valence-electron chi connectivity index (χ2n) is 6.17. The lowest BCUT2D eigenvalue weighted by Gasteiger charge is -2.37. The minimum absolute atomic E-state index is 0.0230. The summed E-state index contributed by atoms with van der Waals surface area (Å²) in [5, 5.41) is 9.45. The highest BCUT2D eigenvalue weighted by molar-refractivity contribution is 7.14. The van der Waals surface area contributed by atoms with Crippen LogP contribution in [0.1, 0.15) is 52.7 Å². The highest BCUT2D eigenvalue weighted by atomic mass is 32.1. The summed E-state index contributed by atoms with van der Waals surface area (Å²) in [6.45, 7) is 2.49. The largest absolute Gasteiger partial charge is 0.480 e. The Labute approximate surface area is 128 Å². The van der Waals surface area contributed by atoms with Crippen molar-refractivity contribution in [3.63, 3.8) is 0 Å². The number of likely N-dealkylation sites (tertiary alicyclic amines) is 1. The molecule has 1 aromatic heterocycles. The van der Waals surface area contributed by atoms with Crippen LogP contribution in [0.15, 0.2) is 6.07 Å². The van der Waals surface area contributed by atoms with Gasteiger partial charge in [-0.2, -0.15) is 0 Å². The van der Waals surface area contributed by atoms with Gasteiger partial charge in [0, 0.05) is 11.4 Å². The second kappa shape index (κ2) is 5.79. The monoisotopic (exact) mass is 307 g/mol. The maximum absolute atomic E-state index is 12.8. The van der Waals surface area contributed by atoms with Gasteiger partial charge in [0.05, 0.1) is 4.88 Å². The number of hydrogen-bond donors (Lipinski definition) is 1. The summed E-state index contributed by atoms with van der Waals surface area (Å²) in [6, 6.07) is 1.32. The molecule has 2 atom stereocenters. The number of carbonyl (C=O) groups is 2. The Morgan fingerprint density at radius 2 is 2.05 bits per heavy atom. The molecule has 0 aromatic carbocycles. The number of carbonyl (C=O) groups excluding carboxylic acids is 1. The first-order valence-electron chi connectivity index (χ1n) is 7.73. The predicted molar refractivity (Wildman–Crippen MR) is 81.8 cm³/mol. The molecule has 1 fully saturated rings. The van der Waals surface area contributed by atoms with Gasteiger partial charge < -0.3 is 10.0 Å². The van der Waals surface area contributed by atoms with Crippen LogP contribution in [-0.4, -0.2) is 34.5 Å². The average Bonchev–Trinajstić information content (AvgIpc) is 2.89. The number of piperidine rings is 1. The quantitative estimate of drug-likeness (QED) is 0.914. The van der Waals surface area contributed by atoms with E-state index in [2.05, 4.69) is 0 Å². The van der Waals surface area contributed by atoms with E-state index in [9.17, 15) is 14.7 Å². The van der Waals surface area contributed by atoms with Crippen molar-refractivity contribution in [2.75, 3.05) is 6.54 Å². The average molecular weight is 307 g/mol. The van der Waals surface area contributed by atoms with Crippen molar-refractivity contribution in [2.45, 2.75) is 51.5 Å². The predicted octanol–water partition coefficient (Wildman–Crippen LogP) is 2.95. The number of hydrogen-bond acceptors (Lipinski definition) is 3. The molecule has 2 aliphatic rings. The van der Waals surface area contributed by atoms with Gasteiger partial charge in [-0.15, -0.1) is 11.3 Å². The van der Waals surface area contributed by atoms with Gasteiger partial charge in [-0.05, 0) is 56.1 Å². The molecule has 114 valence electrons. The van der Waals surface area contributed by atoms with E-state index in [0.29, 0.717) is 6.54 Å². The molecule has 0 spiro atoms. The molecule has 0 radical (unpaired) electrons. The van der Waals surface area contributed by atoms with Crippen LogP contribution in [0.3, 0.4) is 0 Å². The second-order valence-corrected chi connectivity index (χ2v) is 7.30. The Balaban J connectivity index is 1.86. The molecule has 0 bridgehead atoms. The van der Waals surface area contributed by atoms with Crippen molar-refractivity contribution in [1.29, 1.82) is 0 Å². The lowest BCUT2D eigenvalue weighted by Crippen LogP contribution is -2.51. The van der Waals surface area contributed by atoms with E-state index in [1.807, 2.05) is 13.0 Å². The molecule has 21 heavy (non-hydrogen) atoms. The van der Waals surface area contributed by atoms with Gasteiger partial charge in [0.15, 0.2) is 0 Å². The molecule has 1 aliphatic carbocycles. The van der Waals surface area contributed by atoms with Gasteiger partial charge in [0.1, 0.15) is 6.04 Å². The highest BCUT2D eigenvalue weighted by Gasteiger charge is 2.38. The van der Waals surface area contributed by atoms with E-state index in [-0.39, 0.29) is 11.8 Å². The normalized spacial score (nSPS) is 25.5. The summed E-state index contributed by atoms with van der Waals surface area (Å²) < 4.78 is 0. The molecule has 1 amide bonds. The van der Waals surface area contributed by atoms with Crippen LogP contribution in [0.5, 0.6) is 0 Å². The van der Waals surface area contributed by atoms with Gasteiger partial charge in [-0.1, -0.05) is 6.92 Å². The van der Waals surface area contributed by atoms with Crippen LogP contribution in [-0.2, 0) is 17.6 Å². The van der Waals surface area contributed by atoms with Gasteiger partial charge in [-0.25, -0.2) is 4.79 Å². The number of fused-ring (bicyclic) bond motifs is 1. The van der Waals surface area contributed by atoms with Crippen molar-refractivity contribution in [1.82, 2.24) is 4.90 Å². The molecule has 1 aromatic rings. The first kappa shape index (κ1) is 14.6. The first-order chi connectivity index (χ1) is 10.1. The van der Waals surface area contributed by atoms with E-state index in [0.717, 1.165) is 30.6 Å². The summed E-state index contributed by atoms with van der Waals surface area (Å²) in [5.74, 6) is -0.944. The molecule has 2 heterocycles. The maximum atomic E-state index is 12.8. The molecule has 1 aliphatic heterocycles. The van der Waals surface area contributed by atoms with Crippen molar-refractivity contribution in [3.05, 3.63) is 21.4 Å². The molecule has 1 N–H and O–H groups in total. The lowest BCUT2D eigenvalue weighted by atomic mass is 9.90. The third-order valence-corrected chi connectivity index (χ3v) is 5.88. The van der Waals surface area contributed by atoms with Crippen LogP contribution in [0.2, 0.25) is 0 Å². The summed E-state index contributed by atoms with van der Waals surface area (Å²) in [6.07, 6.45) is 6.27. The number of carboxylic acid groups (broad SMARTS) is 1. The standard InChI is InChI=1S/C16H21NO3S/c1-10-5-4-8-17(14(10)16(19)20)15(18)13-9-11-6-2-3-7-12(11)21-13/h9-10,14H,2-8H2,1H3,(H,19,20). The van der Waals surface area contributed by atoms with E-state index in [4.69, 9.17) is 0 Å². The highest BCUT2D eigenvalue weighted by Crippen LogP contribution is 2.32. The Bertz CT molecular complexity index is 542. The summed E-state index contributed by atoms with van der Waals surface area (Å²) in [4.78, 5) is 27.9. The van der Waals surface area contributed by atoms with Gasteiger partial charge in [-0.3, -0.25) is 4.79 Å². The third kappa shape index (κ3) is 2.71. The van der Waals surface area contributed by atoms with E-state index in [1.54, 1.807) is 16.2 Å². The van der Waals surface area contributed by atoms with Crippen LogP contribution < -0.4 is 0 Å². The minimum Gasteiger partial charge on any atom is -0.480 e. The fourth-order valence-electron chi connectivity index (χ4n) is 3.53. The molecular weight excluding hydrogens is 286 g/mol. The van der Waals surface area contributed by atoms with Crippen molar-refractivity contribution < 1.29 is 14.7 Å². The van der Waals surface area contributed by atoms with Crippen molar-refractivity contribution in [3.8, 4) is 0 Å². The first-order valence-corrected chi connectivity index (χ1v) is 8.55. The Morgan fingerprint density at radius 3 is 2.76 bits per heavy atom. The zero-order valence-corrected chi connectivity index (χ0v) is 13.1. The maximum Gasteiger partial charge on any atom is 0.326 e. The fraction of sp³-hybridized carbons (Fsp3) is 0.625. The molecule has 4 nitrogen and oxygen atoms in total. The zero-order valence-electron chi connectivity index (χ0n) is 12.3. The van der Waals surface area contributed by atoms with Crippen molar-refractivity contribution >= 4 is 23.2 Å². The molecule has 1 saturated heterocycles. The minimum atomic E-state index is -0.878. The van der Waals surface area contributed by atoms with Crippen LogP contribution in [0.4, 0.5) is 0 Å². The number of carboxylic acids is 1. The number of rotatable bonds is 2. The third-order valence-electron chi connectivity index (χ3n) is 4.65. The Hall–Kier alpha value is -1.36. The number of amides is 1. The molecule has 2 unspecified atom stereocenters. The SMILES string of the molecule is CC1CCCN(C(=O)c2cc3c(s2)CCCC3)C1C(=O)O. The molecule has 5 heteroatoms. The van der Waals surface area contributed by atoms with Crippen LogP contribution in [0, 0.1) is 5.92 Å². The number of aryl methyl sites for hydroxylation is 2. The number of nitrogens with zero attached hydrogens (tertiary/aromatic N) is 1. The molecule has 0 saturated carbocycles. The Kier molecular flexibility index (Phi) is 4.02. The number of aliphatic carboxylic acids is 1. The topological polar surface area (TPSA) is 57.6 Å².